The molecule has 4 aromatic rings. The Bertz CT molecular complexity index is 1490. The van der Waals surface area contributed by atoms with Crippen LogP contribution in [0.2, 0.25) is 0 Å². The highest BCUT2D eigenvalue weighted by molar-refractivity contribution is 7.99. The van der Waals surface area contributed by atoms with Crippen LogP contribution in [0.5, 0.6) is 0 Å². The van der Waals surface area contributed by atoms with E-state index >= 15 is 0 Å². The molecule has 0 saturated heterocycles. The summed E-state index contributed by atoms with van der Waals surface area (Å²) in [4.78, 5) is 17.6. The molecule has 192 valence electrons. The lowest BCUT2D eigenvalue weighted by Gasteiger charge is -2.19. The molecule has 1 saturated carbocycles. The number of amides is 1. The van der Waals surface area contributed by atoms with Crippen LogP contribution < -0.4 is 10.6 Å². The van der Waals surface area contributed by atoms with E-state index in [0.717, 1.165) is 36.1 Å². The van der Waals surface area contributed by atoms with Crippen molar-refractivity contribution >= 4 is 29.0 Å². The monoisotopic (exact) mass is 523 g/mol. The summed E-state index contributed by atoms with van der Waals surface area (Å²) in [6.45, 7) is 5.53. The minimum Gasteiger partial charge on any atom is -0.389 e. The Morgan fingerprint density at radius 1 is 1.16 bits per heavy atom. The van der Waals surface area contributed by atoms with E-state index in [1.165, 1.54) is 17.8 Å². The zero-order valence-corrected chi connectivity index (χ0v) is 21.5. The van der Waals surface area contributed by atoms with Gasteiger partial charge in [-0.1, -0.05) is 17.8 Å². The minimum atomic E-state index is -0.975. The fourth-order valence-corrected chi connectivity index (χ4v) is 4.70. The van der Waals surface area contributed by atoms with Crippen LogP contribution in [0.1, 0.15) is 42.6 Å². The average molecular weight is 524 g/mol. The van der Waals surface area contributed by atoms with Crippen molar-refractivity contribution in [3.05, 3.63) is 71.4 Å². The van der Waals surface area contributed by atoms with Gasteiger partial charge in [-0.25, -0.2) is 18.3 Å². The molecule has 7 nitrogen and oxygen atoms in total. The number of aliphatic hydroxyl groups is 1. The zero-order valence-electron chi connectivity index (χ0n) is 20.7. The molecule has 0 aliphatic heterocycles. The number of hydrogen-bond donors (Lipinski definition) is 3. The zero-order chi connectivity index (χ0) is 26.3. The molecular formula is C27H27F2N5O2S. The van der Waals surface area contributed by atoms with Crippen LogP contribution in [0.3, 0.4) is 0 Å². The van der Waals surface area contributed by atoms with Crippen LogP contribution in [0.15, 0.2) is 58.6 Å². The van der Waals surface area contributed by atoms with Gasteiger partial charge in [-0.2, -0.15) is 5.10 Å². The molecule has 2 aromatic carbocycles. The molecule has 2 heterocycles. The number of halogens is 2. The largest absolute Gasteiger partial charge is 0.389 e. The summed E-state index contributed by atoms with van der Waals surface area (Å²) < 4.78 is 28.9. The number of hydrogen-bond acceptors (Lipinski definition) is 6. The highest BCUT2D eigenvalue weighted by Gasteiger charge is 2.25. The van der Waals surface area contributed by atoms with E-state index < -0.39 is 17.2 Å². The lowest BCUT2D eigenvalue weighted by atomic mass is 10.0. The van der Waals surface area contributed by atoms with Crippen molar-refractivity contribution in [2.45, 2.75) is 55.2 Å². The number of anilines is 1. The van der Waals surface area contributed by atoms with Gasteiger partial charge in [0.1, 0.15) is 5.03 Å². The SMILES string of the molecule is Cc1cc(-c2cnc3c(NCC(C)(C)O)cc(Sc4ccc(F)c(F)c4)nn23)ccc1C(=O)NC1CC1. The maximum absolute atomic E-state index is 13.8. The van der Waals surface area contributed by atoms with Gasteiger partial charge in [0.05, 0.1) is 23.2 Å². The molecule has 1 aliphatic rings. The molecule has 1 fully saturated rings. The highest BCUT2D eigenvalue weighted by Crippen LogP contribution is 2.33. The topological polar surface area (TPSA) is 91.6 Å². The van der Waals surface area contributed by atoms with Crippen LogP contribution in [-0.2, 0) is 0 Å². The Morgan fingerprint density at radius 2 is 1.95 bits per heavy atom. The standard InChI is InChI=1S/C27H27F2N5O2S/c1-15-10-16(4-8-19(15)26(35)32-17-5-6-17)23-13-30-25-22(31-14-27(2,3)36)12-24(33-34(23)25)37-18-7-9-20(28)21(29)11-18/h4,7-13,17,31,36H,5-6,14H2,1-3H3,(H,32,35). The van der Waals surface area contributed by atoms with Crippen molar-refractivity contribution < 1.29 is 18.7 Å². The van der Waals surface area contributed by atoms with Gasteiger partial charge >= 0.3 is 0 Å². The van der Waals surface area contributed by atoms with Gasteiger partial charge in [0.25, 0.3) is 5.91 Å². The molecule has 1 aliphatic carbocycles. The summed E-state index contributed by atoms with van der Waals surface area (Å²) >= 11 is 1.18. The van der Waals surface area contributed by atoms with Gasteiger partial charge < -0.3 is 15.7 Å². The summed E-state index contributed by atoms with van der Waals surface area (Å²) in [6, 6.07) is 11.3. The molecule has 0 unspecified atom stereocenters. The third-order valence-corrected chi connectivity index (χ3v) is 6.85. The summed E-state index contributed by atoms with van der Waals surface area (Å²) in [5, 5.41) is 21.7. The molecular weight excluding hydrogens is 496 g/mol. The fraction of sp³-hybridized carbons (Fsp3) is 0.296. The molecule has 5 rings (SSSR count). The highest BCUT2D eigenvalue weighted by atomic mass is 32.2. The predicted molar refractivity (Wildman–Crippen MR) is 139 cm³/mol. The van der Waals surface area contributed by atoms with Crippen LogP contribution in [0, 0.1) is 18.6 Å². The number of aromatic nitrogens is 3. The van der Waals surface area contributed by atoms with Gasteiger partial charge in [-0.15, -0.1) is 0 Å². The Labute approximate surface area is 217 Å². The minimum absolute atomic E-state index is 0.0777. The summed E-state index contributed by atoms with van der Waals surface area (Å²) in [5.74, 6) is -1.93. The Morgan fingerprint density at radius 3 is 2.62 bits per heavy atom. The number of benzene rings is 2. The van der Waals surface area contributed by atoms with Crippen LogP contribution in [-0.4, -0.2) is 43.8 Å². The molecule has 0 spiro atoms. The van der Waals surface area contributed by atoms with Crippen molar-refractivity contribution in [2.75, 3.05) is 11.9 Å². The van der Waals surface area contributed by atoms with Crippen molar-refractivity contribution in [1.29, 1.82) is 0 Å². The Kier molecular flexibility index (Phi) is 6.63. The van der Waals surface area contributed by atoms with Crippen LogP contribution in [0.25, 0.3) is 16.9 Å². The number of imidazole rings is 1. The van der Waals surface area contributed by atoms with Gasteiger partial charge in [0.2, 0.25) is 0 Å². The van der Waals surface area contributed by atoms with E-state index in [9.17, 15) is 18.7 Å². The number of nitrogens with zero attached hydrogens (tertiary/aromatic N) is 3. The lowest BCUT2D eigenvalue weighted by molar-refractivity contribution is 0.0940. The normalized spacial score (nSPS) is 13.7. The van der Waals surface area contributed by atoms with E-state index in [1.54, 1.807) is 36.7 Å². The molecule has 1 amide bonds. The number of carbonyl (C=O) groups excluding carboxylic acids is 1. The maximum atomic E-state index is 13.8. The summed E-state index contributed by atoms with van der Waals surface area (Å²) in [5.41, 5.74) is 3.18. The second kappa shape index (κ2) is 9.75. The molecule has 0 bridgehead atoms. The van der Waals surface area contributed by atoms with Gasteiger partial charge in [0.15, 0.2) is 17.3 Å². The van der Waals surface area contributed by atoms with Crippen molar-refractivity contribution in [2.24, 2.45) is 0 Å². The van der Waals surface area contributed by atoms with Gasteiger partial charge in [0, 0.05) is 28.6 Å². The fourth-order valence-electron chi connectivity index (χ4n) is 3.86. The number of aryl methyl sites for hydroxylation is 1. The maximum Gasteiger partial charge on any atom is 0.251 e. The second-order valence-electron chi connectivity index (χ2n) is 9.90. The number of fused-ring (bicyclic) bond motifs is 1. The molecule has 10 heteroatoms. The summed E-state index contributed by atoms with van der Waals surface area (Å²) in [7, 11) is 0. The van der Waals surface area contributed by atoms with E-state index in [-0.39, 0.29) is 18.5 Å². The first-order chi connectivity index (χ1) is 17.6. The molecule has 0 atom stereocenters. The summed E-state index contributed by atoms with van der Waals surface area (Å²) in [6.07, 6.45) is 3.73. The molecule has 0 radical (unpaired) electrons. The van der Waals surface area contributed by atoms with Crippen LogP contribution in [0.4, 0.5) is 14.5 Å². The van der Waals surface area contributed by atoms with Gasteiger partial charge in [-0.3, -0.25) is 4.79 Å². The number of nitrogens with one attached hydrogen (secondary N) is 2. The smallest absolute Gasteiger partial charge is 0.251 e. The average Bonchev–Trinajstić information content (AvgIpc) is 3.54. The third-order valence-electron chi connectivity index (χ3n) is 5.95. The first-order valence-electron chi connectivity index (χ1n) is 12.0. The quantitative estimate of drug-likeness (QED) is 0.294. The van der Waals surface area contributed by atoms with E-state index in [0.29, 0.717) is 32.5 Å². The number of carbonyl (C=O) groups is 1. The third kappa shape index (κ3) is 5.75. The molecule has 3 N–H and O–H groups in total. The van der Waals surface area contributed by atoms with E-state index in [2.05, 4.69) is 15.6 Å². The first-order valence-corrected chi connectivity index (χ1v) is 12.8. The van der Waals surface area contributed by atoms with Crippen molar-refractivity contribution in [3.63, 3.8) is 0 Å². The molecule has 2 aromatic heterocycles. The lowest BCUT2D eigenvalue weighted by Crippen LogP contribution is -2.29. The first kappa shape index (κ1) is 25.2. The number of rotatable bonds is 8. The van der Waals surface area contributed by atoms with E-state index in [1.807, 2.05) is 19.1 Å². The Hall–Kier alpha value is -3.50. The Balaban J connectivity index is 1.54. The molecule has 37 heavy (non-hydrogen) atoms. The second-order valence-corrected chi connectivity index (χ2v) is 11.0. The van der Waals surface area contributed by atoms with Crippen molar-refractivity contribution in [3.8, 4) is 11.3 Å². The van der Waals surface area contributed by atoms with E-state index in [4.69, 9.17) is 5.10 Å². The van der Waals surface area contributed by atoms with Crippen molar-refractivity contribution in [1.82, 2.24) is 19.9 Å². The van der Waals surface area contributed by atoms with Crippen LogP contribution >= 0.6 is 11.8 Å². The van der Waals surface area contributed by atoms with Gasteiger partial charge in [-0.05, 0) is 75.6 Å². The predicted octanol–water partition coefficient (Wildman–Crippen LogP) is 5.21.